The third kappa shape index (κ3) is 2.61. The van der Waals surface area contributed by atoms with Crippen LogP contribution in [0.3, 0.4) is 0 Å². The lowest BCUT2D eigenvalue weighted by atomic mass is 10.1. The van der Waals surface area contributed by atoms with Crippen molar-refractivity contribution in [1.82, 2.24) is 0 Å². The molecule has 0 radical (unpaired) electrons. The number of aryl methyl sites for hydroxylation is 1. The molecule has 0 spiro atoms. The number of nitrogens with one attached hydrogen (secondary N) is 1. The molecule has 0 atom stereocenters. The highest BCUT2D eigenvalue weighted by atomic mass is 32.1. The highest BCUT2D eigenvalue weighted by Gasteiger charge is 2.07. The molecule has 0 aliphatic heterocycles. The minimum Gasteiger partial charge on any atom is -0.496 e. The zero-order valence-electron chi connectivity index (χ0n) is 10.4. The number of ether oxygens (including phenoxy) is 1. The van der Waals surface area contributed by atoms with E-state index in [2.05, 4.69) is 48.1 Å². The third-order valence-electron chi connectivity index (χ3n) is 2.87. The first-order valence-corrected chi connectivity index (χ1v) is 6.56. The van der Waals surface area contributed by atoms with Crippen molar-refractivity contribution in [2.75, 3.05) is 12.4 Å². The first kappa shape index (κ1) is 12.0. The van der Waals surface area contributed by atoms with Gasteiger partial charge in [-0.25, -0.2) is 0 Å². The molecule has 2 aromatic rings. The van der Waals surface area contributed by atoms with Gasteiger partial charge in [0.2, 0.25) is 0 Å². The monoisotopic (exact) mass is 247 g/mol. The second-order valence-electron chi connectivity index (χ2n) is 4.07. The van der Waals surface area contributed by atoms with Crippen LogP contribution in [0.2, 0.25) is 0 Å². The Morgan fingerprint density at radius 3 is 2.71 bits per heavy atom. The van der Waals surface area contributed by atoms with Gasteiger partial charge in [0.1, 0.15) is 5.75 Å². The van der Waals surface area contributed by atoms with Crippen LogP contribution in [0, 0.1) is 13.8 Å². The van der Waals surface area contributed by atoms with E-state index in [4.69, 9.17) is 4.74 Å². The van der Waals surface area contributed by atoms with Gasteiger partial charge in [-0.2, -0.15) is 11.3 Å². The fraction of sp³-hybridized carbons (Fsp3) is 0.286. The van der Waals surface area contributed by atoms with E-state index in [0.29, 0.717) is 0 Å². The van der Waals surface area contributed by atoms with Crippen molar-refractivity contribution in [3.8, 4) is 5.75 Å². The molecule has 0 unspecified atom stereocenters. The maximum absolute atomic E-state index is 5.42. The standard InChI is InChI=1S/C14H17NOS/c1-10-4-5-13(11(2)14(10)16-3)15-8-12-6-7-17-9-12/h4-7,9,15H,8H2,1-3H3. The summed E-state index contributed by atoms with van der Waals surface area (Å²) in [5.74, 6) is 0.973. The number of hydrogen-bond acceptors (Lipinski definition) is 3. The Hall–Kier alpha value is -1.48. The van der Waals surface area contributed by atoms with Crippen molar-refractivity contribution < 1.29 is 4.74 Å². The molecular formula is C14H17NOS. The summed E-state index contributed by atoms with van der Waals surface area (Å²) < 4.78 is 5.42. The Morgan fingerprint density at radius 2 is 2.06 bits per heavy atom. The van der Waals surface area contributed by atoms with Gasteiger partial charge >= 0.3 is 0 Å². The normalized spacial score (nSPS) is 10.3. The molecule has 0 saturated carbocycles. The highest BCUT2D eigenvalue weighted by molar-refractivity contribution is 7.07. The summed E-state index contributed by atoms with van der Waals surface area (Å²) in [5, 5.41) is 7.70. The molecule has 0 aliphatic carbocycles. The van der Waals surface area contributed by atoms with Crippen LogP contribution in [-0.2, 0) is 6.54 Å². The van der Waals surface area contributed by atoms with E-state index >= 15 is 0 Å². The van der Waals surface area contributed by atoms with Crippen molar-refractivity contribution in [3.63, 3.8) is 0 Å². The molecule has 0 saturated heterocycles. The predicted molar refractivity (Wildman–Crippen MR) is 74.1 cm³/mol. The molecule has 0 amide bonds. The molecular weight excluding hydrogens is 230 g/mol. The molecule has 1 heterocycles. The van der Waals surface area contributed by atoms with Crippen molar-refractivity contribution in [1.29, 1.82) is 0 Å². The van der Waals surface area contributed by atoms with Gasteiger partial charge in [-0.1, -0.05) is 6.07 Å². The molecule has 0 bridgehead atoms. The molecule has 0 fully saturated rings. The smallest absolute Gasteiger partial charge is 0.126 e. The molecule has 1 N–H and O–H groups in total. The quantitative estimate of drug-likeness (QED) is 0.882. The zero-order chi connectivity index (χ0) is 12.3. The van der Waals surface area contributed by atoms with Gasteiger partial charge in [0.15, 0.2) is 0 Å². The number of rotatable bonds is 4. The van der Waals surface area contributed by atoms with E-state index in [1.54, 1.807) is 18.4 Å². The Kier molecular flexibility index (Phi) is 3.69. The van der Waals surface area contributed by atoms with Gasteiger partial charge in [-0.15, -0.1) is 0 Å². The van der Waals surface area contributed by atoms with Crippen LogP contribution >= 0.6 is 11.3 Å². The summed E-state index contributed by atoms with van der Waals surface area (Å²) in [4.78, 5) is 0. The van der Waals surface area contributed by atoms with Crippen molar-refractivity contribution in [3.05, 3.63) is 45.6 Å². The van der Waals surface area contributed by atoms with Gasteiger partial charge in [-0.3, -0.25) is 0 Å². The summed E-state index contributed by atoms with van der Waals surface area (Å²) >= 11 is 1.72. The van der Waals surface area contributed by atoms with E-state index in [1.807, 2.05) is 0 Å². The minimum atomic E-state index is 0.858. The Bertz CT molecular complexity index is 491. The van der Waals surface area contributed by atoms with Crippen LogP contribution in [0.1, 0.15) is 16.7 Å². The van der Waals surface area contributed by atoms with Gasteiger partial charge in [0, 0.05) is 17.8 Å². The van der Waals surface area contributed by atoms with Crippen LogP contribution in [0.15, 0.2) is 29.0 Å². The second-order valence-corrected chi connectivity index (χ2v) is 4.85. The van der Waals surface area contributed by atoms with Crippen LogP contribution in [0.4, 0.5) is 5.69 Å². The summed E-state index contributed by atoms with van der Waals surface area (Å²) in [6.45, 7) is 5.01. The Balaban J connectivity index is 2.16. The molecule has 1 aromatic carbocycles. The van der Waals surface area contributed by atoms with Crippen molar-refractivity contribution in [2.24, 2.45) is 0 Å². The average Bonchev–Trinajstić information content (AvgIpc) is 2.82. The second kappa shape index (κ2) is 5.23. The largest absolute Gasteiger partial charge is 0.496 e. The van der Waals surface area contributed by atoms with E-state index in [1.165, 1.54) is 16.7 Å². The van der Waals surface area contributed by atoms with E-state index in [-0.39, 0.29) is 0 Å². The maximum atomic E-state index is 5.42. The van der Waals surface area contributed by atoms with E-state index in [0.717, 1.165) is 18.0 Å². The van der Waals surface area contributed by atoms with Crippen molar-refractivity contribution >= 4 is 17.0 Å². The number of benzene rings is 1. The molecule has 0 aliphatic rings. The van der Waals surface area contributed by atoms with Gasteiger partial charge < -0.3 is 10.1 Å². The number of hydrogen-bond donors (Lipinski definition) is 1. The summed E-state index contributed by atoms with van der Waals surface area (Å²) in [6.07, 6.45) is 0. The predicted octanol–water partition coefficient (Wildman–Crippen LogP) is 3.99. The van der Waals surface area contributed by atoms with E-state index < -0.39 is 0 Å². The van der Waals surface area contributed by atoms with Crippen LogP contribution in [0.25, 0.3) is 0 Å². The number of anilines is 1. The summed E-state index contributed by atoms with van der Waals surface area (Å²) in [7, 11) is 1.72. The molecule has 90 valence electrons. The molecule has 2 rings (SSSR count). The number of thiophene rings is 1. The fourth-order valence-electron chi connectivity index (χ4n) is 1.92. The zero-order valence-corrected chi connectivity index (χ0v) is 11.2. The van der Waals surface area contributed by atoms with Gasteiger partial charge in [0.25, 0.3) is 0 Å². The minimum absolute atomic E-state index is 0.858. The maximum Gasteiger partial charge on any atom is 0.126 e. The lowest BCUT2D eigenvalue weighted by Crippen LogP contribution is -2.02. The first-order valence-electron chi connectivity index (χ1n) is 5.61. The van der Waals surface area contributed by atoms with E-state index in [9.17, 15) is 0 Å². The Morgan fingerprint density at radius 1 is 1.24 bits per heavy atom. The fourth-order valence-corrected chi connectivity index (χ4v) is 2.59. The number of methoxy groups -OCH3 is 1. The third-order valence-corrected chi connectivity index (χ3v) is 3.60. The topological polar surface area (TPSA) is 21.3 Å². The summed E-state index contributed by atoms with van der Waals surface area (Å²) in [5.41, 5.74) is 4.79. The molecule has 2 nitrogen and oxygen atoms in total. The molecule has 1 aromatic heterocycles. The van der Waals surface area contributed by atoms with Crippen molar-refractivity contribution in [2.45, 2.75) is 20.4 Å². The lowest BCUT2D eigenvalue weighted by Gasteiger charge is -2.14. The van der Waals surface area contributed by atoms with Crippen LogP contribution < -0.4 is 10.1 Å². The SMILES string of the molecule is COc1c(C)ccc(NCc2ccsc2)c1C. The van der Waals surface area contributed by atoms with Gasteiger partial charge in [-0.05, 0) is 47.9 Å². The Labute approximate surface area is 106 Å². The molecule has 17 heavy (non-hydrogen) atoms. The van der Waals surface area contributed by atoms with Crippen LogP contribution in [0.5, 0.6) is 5.75 Å². The first-order chi connectivity index (χ1) is 8.22. The van der Waals surface area contributed by atoms with Crippen LogP contribution in [-0.4, -0.2) is 7.11 Å². The highest BCUT2D eigenvalue weighted by Crippen LogP contribution is 2.29. The molecule has 3 heteroatoms. The van der Waals surface area contributed by atoms with Gasteiger partial charge in [0.05, 0.1) is 7.11 Å². The average molecular weight is 247 g/mol. The lowest BCUT2D eigenvalue weighted by molar-refractivity contribution is 0.409. The summed E-state index contributed by atoms with van der Waals surface area (Å²) in [6, 6.07) is 6.33.